The van der Waals surface area contributed by atoms with E-state index in [-0.39, 0.29) is 11.3 Å². The van der Waals surface area contributed by atoms with E-state index in [4.69, 9.17) is 14.3 Å². The quantitative estimate of drug-likeness (QED) is 0.759. The van der Waals surface area contributed by atoms with Crippen molar-refractivity contribution in [2.45, 2.75) is 0 Å². The molecule has 18 heavy (non-hydrogen) atoms. The molecule has 0 saturated carbocycles. The highest BCUT2D eigenvalue weighted by molar-refractivity contribution is 9.10. The van der Waals surface area contributed by atoms with Gasteiger partial charge in [-0.3, -0.25) is 5.10 Å². The molecule has 2 N–H and O–H groups in total. The van der Waals surface area contributed by atoms with Crippen molar-refractivity contribution in [3.05, 3.63) is 22.3 Å². The van der Waals surface area contributed by atoms with Gasteiger partial charge in [0, 0.05) is 11.5 Å². The maximum Gasteiger partial charge on any atom is 0.360 e. The monoisotopic (exact) mass is 310 g/mol. The molecule has 0 unspecified atom stereocenters. The molecule has 6 nitrogen and oxygen atoms in total. The van der Waals surface area contributed by atoms with Gasteiger partial charge in [0.15, 0.2) is 5.58 Å². The summed E-state index contributed by atoms with van der Waals surface area (Å²) in [5.74, 6) is -0.518. The van der Waals surface area contributed by atoms with E-state index >= 15 is 0 Å². The fourth-order valence-corrected chi connectivity index (χ4v) is 2.34. The summed E-state index contributed by atoms with van der Waals surface area (Å²) in [5.41, 5.74) is 1.21. The fraction of sp³-hybridized carbons (Fsp3) is 0.0909. The van der Waals surface area contributed by atoms with E-state index in [0.717, 1.165) is 9.86 Å². The van der Waals surface area contributed by atoms with E-state index in [1.54, 1.807) is 19.2 Å². The van der Waals surface area contributed by atoms with Gasteiger partial charge in [-0.15, -0.1) is 0 Å². The molecule has 0 fully saturated rings. The van der Waals surface area contributed by atoms with E-state index in [0.29, 0.717) is 16.8 Å². The van der Waals surface area contributed by atoms with Crippen LogP contribution in [0.1, 0.15) is 10.5 Å². The normalized spacial score (nSPS) is 11.2. The van der Waals surface area contributed by atoms with Crippen LogP contribution in [0.3, 0.4) is 0 Å². The largest absolute Gasteiger partial charge is 0.495 e. The maximum atomic E-state index is 11.0. The Morgan fingerprint density at radius 1 is 1.56 bits per heavy atom. The lowest BCUT2D eigenvalue weighted by Crippen LogP contribution is -1.96. The summed E-state index contributed by atoms with van der Waals surface area (Å²) in [6, 6.07) is 3.49. The van der Waals surface area contributed by atoms with E-state index in [2.05, 4.69) is 26.1 Å². The maximum absolute atomic E-state index is 11.0. The minimum Gasteiger partial charge on any atom is -0.495 e. The molecule has 0 saturated heterocycles. The molecule has 7 heteroatoms. The third-order valence-electron chi connectivity index (χ3n) is 2.66. The lowest BCUT2D eigenvalue weighted by Gasteiger charge is -2.01. The first-order valence-corrected chi connectivity index (χ1v) is 5.78. The van der Waals surface area contributed by atoms with E-state index in [1.807, 2.05) is 0 Å². The summed E-state index contributed by atoms with van der Waals surface area (Å²) < 4.78 is 11.4. The zero-order valence-corrected chi connectivity index (χ0v) is 10.7. The van der Waals surface area contributed by atoms with Crippen LogP contribution in [-0.2, 0) is 0 Å². The predicted octanol–water partition coefficient (Wildman–Crippen LogP) is 2.78. The second kappa shape index (κ2) is 3.74. The van der Waals surface area contributed by atoms with Gasteiger partial charge in [-0.1, -0.05) is 0 Å². The number of furan rings is 1. The number of aromatic amines is 1. The third kappa shape index (κ3) is 1.40. The van der Waals surface area contributed by atoms with Crippen molar-refractivity contribution in [2.75, 3.05) is 7.11 Å². The van der Waals surface area contributed by atoms with Crippen LogP contribution in [0.25, 0.3) is 22.1 Å². The zero-order chi connectivity index (χ0) is 12.9. The smallest absolute Gasteiger partial charge is 0.360 e. The number of hydrogen-bond donors (Lipinski definition) is 2. The molecular formula is C11H7BrN2O4. The van der Waals surface area contributed by atoms with Gasteiger partial charge in [0.2, 0.25) is 5.69 Å². The number of methoxy groups -OCH3 is 1. The molecule has 0 aliphatic heterocycles. The molecule has 0 spiro atoms. The van der Waals surface area contributed by atoms with Crippen LogP contribution in [0.15, 0.2) is 21.0 Å². The van der Waals surface area contributed by atoms with Gasteiger partial charge >= 0.3 is 5.97 Å². The Morgan fingerprint density at radius 2 is 2.33 bits per heavy atom. The van der Waals surface area contributed by atoms with Crippen LogP contribution in [0, 0.1) is 0 Å². The molecule has 2 aromatic heterocycles. The number of fused-ring (bicyclic) bond motifs is 3. The standard InChI is InChI=1S/C11H7BrN2O4/c1-17-7-3-6-4(2-5(7)12)8-10(18-6)9(11(15)16)14-13-8/h2-3H,1H3,(H,13,14)(H,15,16). The Labute approximate surface area is 109 Å². The Bertz CT molecular complexity index is 774. The van der Waals surface area contributed by atoms with Crippen molar-refractivity contribution in [1.29, 1.82) is 0 Å². The number of carboxylic acids is 1. The number of nitrogens with one attached hydrogen (secondary N) is 1. The third-order valence-corrected chi connectivity index (χ3v) is 3.28. The topological polar surface area (TPSA) is 88.3 Å². The summed E-state index contributed by atoms with van der Waals surface area (Å²) in [5, 5.41) is 16.1. The molecule has 1 aromatic carbocycles. The minimum atomic E-state index is -1.13. The van der Waals surface area contributed by atoms with Gasteiger partial charge in [-0.05, 0) is 22.0 Å². The van der Waals surface area contributed by atoms with Crippen molar-refractivity contribution < 1.29 is 19.1 Å². The second-order valence-electron chi connectivity index (χ2n) is 3.67. The number of rotatable bonds is 2. The molecule has 3 rings (SSSR count). The number of aromatic nitrogens is 2. The highest BCUT2D eigenvalue weighted by Gasteiger charge is 2.20. The highest BCUT2D eigenvalue weighted by atomic mass is 79.9. The summed E-state index contributed by atoms with van der Waals surface area (Å²) >= 11 is 3.37. The average molecular weight is 311 g/mol. The molecule has 0 bridgehead atoms. The number of aromatic carboxylic acids is 1. The number of halogens is 1. The van der Waals surface area contributed by atoms with E-state index in [9.17, 15) is 4.79 Å². The van der Waals surface area contributed by atoms with Gasteiger partial charge in [0.05, 0.1) is 11.6 Å². The molecule has 0 atom stereocenters. The first-order valence-electron chi connectivity index (χ1n) is 4.99. The van der Waals surface area contributed by atoms with Gasteiger partial charge in [0.25, 0.3) is 0 Å². The van der Waals surface area contributed by atoms with Gasteiger partial charge in [-0.2, -0.15) is 5.10 Å². The van der Waals surface area contributed by atoms with Crippen molar-refractivity contribution in [1.82, 2.24) is 10.2 Å². The number of carboxylic acid groups (broad SMARTS) is 1. The van der Waals surface area contributed by atoms with Crippen LogP contribution in [-0.4, -0.2) is 28.4 Å². The van der Waals surface area contributed by atoms with Crippen LogP contribution in [0.2, 0.25) is 0 Å². The Morgan fingerprint density at radius 3 is 3.00 bits per heavy atom. The van der Waals surface area contributed by atoms with Crippen LogP contribution < -0.4 is 4.74 Å². The summed E-state index contributed by atoms with van der Waals surface area (Å²) in [6.45, 7) is 0. The average Bonchev–Trinajstić information content (AvgIpc) is 2.86. The van der Waals surface area contributed by atoms with Gasteiger partial charge in [-0.25, -0.2) is 4.79 Å². The van der Waals surface area contributed by atoms with Crippen molar-refractivity contribution in [2.24, 2.45) is 0 Å². The lowest BCUT2D eigenvalue weighted by molar-refractivity contribution is 0.0691. The number of benzene rings is 1. The number of H-pyrrole nitrogens is 1. The SMILES string of the molecule is COc1cc2oc3c(C(=O)O)n[nH]c3c2cc1Br. The zero-order valence-electron chi connectivity index (χ0n) is 9.15. The number of ether oxygens (including phenoxy) is 1. The van der Waals surface area contributed by atoms with Crippen LogP contribution in [0.5, 0.6) is 5.75 Å². The Hall–Kier alpha value is -2.02. The molecule has 0 amide bonds. The van der Waals surface area contributed by atoms with E-state index in [1.165, 1.54) is 0 Å². The first kappa shape index (κ1) is 11.1. The van der Waals surface area contributed by atoms with Crippen molar-refractivity contribution in [3.8, 4) is 5.75 Å². The lowest BCUT2D eigenvalue weighted by atomic mass is 10.2. The van der Waals surface area contributed by atoms with Crippen molar-refractivity contribution >= 4 is 44.0 Å². The molecular weight excluding hydrogens is 304 g/mol. The summed E-state index contributed by atoms with van der Waals surface area (Å²) in [7, 11) is 1.55. The predicted molar refractivity (Wildman–Crippen MR) is 67.1 cm³/mol. The molecule has 0 aliphatic carbocycles. The van der Waals surface area contributed by atoms with Crippen molar-refractivity contribution in [3.63, 3.8) is 0 Å². The highest BCUT2D eigenvalue weighted by Crippen LogP contribution is 2.36. The second-order valence-corrected chi connectivity index (χ2v) is 4.52. The Balaban J connectivity index is 2.40. The molecule has 2 heterocycles. The number of hydrogen-bond acceptors (Lipinski definition) is 4. The summed E-state index contributed by atoms with van der Waals surface area (Å²) in [6.07, 6.45) is 0. The van der Waals surface area contributed by atoms with Crippen LogP contribution >= 0.6 is 15.9 Å². The molecule has 0 aliphatic rings. The van der Waals surface area contributed by atoms with Crippen LogP contribution in [0.4, 0.5) is 0 Å². The molecule has 3 aromatic rings. The van der Waals surface area contributed by atoms with Gasteiger partial charge < -0.3 is 14.3 Å². The number of nitrogens with zero attached hydrogens (tertiary/aromatic N) is 1. The van der Waals surface area contributed by atoms with Gasteiger partial charge in [0.1, 0.15) is 16.8 Å². The fourth-order valence-electron chi connectivity index (χ4n) is 1.84. The van der Waals surface area contributed by atoms with E-state index < -0.39 is 5.97 Å². The Kier molecular flexibility index (Phi) is 2.30. The summed E-state index contributed by atoms with van der Waals surface area (Å²) in [4.78, 5) is 11.0. The minimum absolute atomic E-state index is 0.128. The molecule has 0 radical (unpaired) electrons. The first-order chi connectivity index (χ1) is 8.61. The number of carbonyl (C=O) groups is 1. The molecule has 92 valence electrons.